The van der Waals surface area contributed by atoms with Crippen molar-refractivity contribution in [2.24, 2.45) is 5.92 Å². The van der Waals surface area contributed by atoms with E-state index in [1.165, 1.54) is 21.3 Å². The van der Waals surface area contributed by atoms with Gasteiger partial charge in [0, 0.05) is 36.5 Å². The quantitative estimate of drug-likeness (QED) is 0.666. The fraction of sp³-hybridized carbons (Fsp3) is 0.318. The van der Waals surface area contributed by atoms with E-state index in [9.17, 15) is 14.4 Å². The molecular formula is C22H25N3O6. The molecule has 9 heteroatoms. The summed E-state index contributed by atoms with van der Waals surface area (Å²) in [5.74, 6) is -0.197. The van der Waals surface area contributed by atoms with Crippen LogP contribution >= 0.6 is 0 Å². The molecule has 1 saturated heterocycles. The highest BCUT2D eigenvalue weighted by Crippen LogP contribution is 2.39. The molecule has 1 heterocycles. The molecule has 1 aliphatic rings. The molecule has 0 aromatic heterocycles. The zero-order valence-corrected chi connectivity index (χ0v) is 17.6. The maximum atomic E-state index is 12.5. The lowest BCUT2D eigenvalue weighted by Crippen LogP contribution is -2.37. The standard InChI is InChI=1S/C22H25N3O6/c1-29-17-10-15(11-18(30-2)21(17)31-3)24-19(26)12-23-22(28)14-9-20(27)25(13-14)16-7-5-4-6-8-16/h4-8,10-11,14H,9,12-13H2,1-3H3,(H,23,28)(H,24,26). The van der Waals surface area contributed by atoms with Crippen LogP contribution in [0.25, 0.3) is 0 Å². The van der Waals surface area contributed by atoms with Gasteiger partial charge in [-0.2, -0.15) is 0 Å². The summed E-state index contributed by atoms with van der Waals surface area (Å²) in [5, 5.41) is 5.29. The summed E-state index contributed by atoms with van der Waals surface area (Å²) in [7, 11) is 4.44. The van der Waals surface area contributed by atoms with Gasteiger partial charge >= 0.3 is 0 Å². The van der Waals surface area contributed by atoms with Crippen molar-refractivity contribution < 1.29 is 28.6 Å². The third-order valence-electron chi connectivity index (χ3n) is 4.94. The van der Waals surface area contributed by atoms with Crippen LogP contribution in [-0.4, -0.2) is 52.1 Å². The lowest BCUT2D eigenvalue weighted by Gasteiger charge is -2.16. The van der Waals surface area contributed by atoms with E-state index < -0.39 is 11.8 Å². The van der Waals surface area contributed by atoms with E-state index >= 15 is 0 Å². The van der Waals surface area contributed by atoms with Gasteiger partial charge in [-0.15, -0.1) is 0 Å². The van der Waals surface area contributed by atoms with Crippen LogP contribution in [0, 0.1) is 5.92 Å². The Morgan fingerprint density at radius 3 is 2.26 bits per heavy atom. The first kappa shape index (κ1) is 21.9. The average molecular weight is 427 g/mol. The van der Waals surface area contributed by atoms with Crippen LogP contribution in [0.3, 0.4) is 0 Å². The van der Waals surface area contributed by atoms with E-state index in [4.69, 9.17) is 14.2 Å². The number of rotatable bonds is 8. The number of ether oxygens (including phenoxy) is 3. The highest BCUT2D eigenvalue weighted by molar-refractivity contribution is 6.01. The summed E-state index contributed by atoms with van der Waals surface area (Å²) in [6.07, 6.45) is 0.106. The summed E-state index contributed by atoms with van der Waals surface area (Å²) in [6.45, 7) is 0.0503. The minimum absolute atomic E-state index is 0.106. The number of carbonyl (C=O) groups excluding carboxylic acids is 3. The Labute approximate surface area is 180 Å². The summed E-state index contributed by atoms with van der Waals surface area (Å²) >= 11 is 0. The van der Waals surface area contributed by atoms with Gasteiger partial charge in [0.25, 0.3) is 0 Å². The molecule has 9 nitrogen and oxygen atoms in total. The normalized spacial score (nSPS) is 15.4. The van der Waals surface area contributed by atoms with Crippen LogP contribution < -0.4 is 29.7 Å². The van der Waals surface area contributed by atoms with Crippen molar-refractivity contribution >= 4 is 29.1 Å². The smallest absolute Gasteiger partial charge is 0.243 e. The largest absolute Gasteiger partial charge is 0.493 e. The molecule has 2 N–H and O–H groups in total. The van der Waals surface area contributed by atoms with Crippen LogP contribution in [0.15, 0.2) is 42.5 Å². The average Bonchev–Trinajstić information content (AvgIpc) is 3.19. The monoisotopic (exact) mass is 427 g/mol. The SMILES string of the molecule is COc1cc(NC(=O)CNC(=O)C2CC(=O)N(c3ccccc3)C2)cc(OC)c1OC. The van der Waals surface area contributed by atoms with Gasteiger partial charge in [0.05, 0.1) is 33.8 Å². The van der Waals surface area contributed by atoms with E-state index in [-0.39, 0.29) is 31.3 Å². The van der Waals surface area contributed by atoms with Crippen molar-refractivity contribution in [3.05, 3.63) is 42.5 Å². The number of benzene rings is 2. The van der Waals surface area contributed by atoms with E-state index in [0.29, 0.717) is 22.9 Å². The molecule has 0 saturated carbocycles. The van der Waals surface area contributed by atoms with Crippen molar-refractivity contribution in [1.29, 1.82) is 0 Å². The number of amides is 3. The van der Waals surface area contributed by atoms with Crippen molar-refractivity contribution in [2.75, 3.05) is 44.6 Å². The maximum Gasteiger partial charge on any atom is 0.243 e. The van der Waals surface area contributed by atoms with Gasteiger partial charge in [0.1, 0.15) is 0 Å². The first-order valence-electron chi connectivity index (χ1n) is 9.69. The number of methoxy groups -OCH3 is 3. The van der Waals surface area contributed by atoms with Crippen LogP contribution in [0.1, 0.15) is 6.42 Å². The number of anilines is 2. The number of para-hydroxylation sites is 1. The highest BCUT2D eigenvalue weighted by atomic mass is 16.5. The molecular weight excluding hydrogens is 402 g/mol. The highest BCUT2D eigenvalue weighted by Gasteiger charge is 2.35. The first-order chi connectivity index (χ1) is 15.0. The van der Waals surface area contributed by atoms with E-state index in [1.807, 2.05) is 30.3 Å². The van der Waals surface area contributed by atoms with Crippen LogP contribution in [0.2, 0.25) is 0 Å². The lowest BCUT2D eigenvalue weighted by molar-refractivity contribution is -0.127. The second-order valence-corrected chi connectivity index (χ2v) is 6.92. The number of hydrogen-bond donors (Lipinski definition) is 2. The van der Waals surface area contributed by atoms with Crippen molar-refractivity contribution in [2.45, 2.75) is 6.42 Å². The predicted molar refractivity (Wildman–Crippen MR) is 115 cm³/mol. The Hall–Kier alpha value is -3.75. The summed E-state index contributed by atoms with van der Waals surface area (Å²) in [6, 6.07) is 12.4. The van der Waals surface area contributed by atoms with Gasteiger partial charge in [-0.3, -0.25) is 14.4 Å². The molecule has 0 bridgehead atoms. The Morgan fingerprint density at radius 1 is 1.03 bits per heavy atom. The Bertz CT molecular complexity index is 938. The fourth-order valence-corrected chi connectivity index (χ4v) is 3.41. The van der Waals surface area contributed by atoms with Gasteiger partial charge < -0.3 is 29.7 Å². The zero-order valence-electron chi connectivity index (χ0n) is 17.6. The van der Waals surface area contributed by atoms with E-state index in [2.05, 4.69) is 10.6 Å². The molecule has 0 aliphatic carbocycles. The minimum Gasteiger partial charge on any atom is -0.493 e. The minimum atomic E-state index is -0.512. The second kappa shape index (κ2) is 9.84. The molecule has 3 rings (SSSR count). The van der Waals surface area contributed by atoms with Crippen LogP contribution in [0.5, 0.6) is 17.2 Å². The molecule has 164 valence electrons. The van der Waals surface area contributed by atoms with E-state index in [1.54, 1.807) is 17.0 Å². The molecule has 0 radical (unpaired) electrons. The molecule has 3 amide bonds. The third kappa shape index (κ3) is 5.06. The van der Waals surface area contributed by atoms with Gasteiger partial charge in [0.15, 0.2) is 11.5 Å². The molecule has 2 aromatic rings. The molecule has 31 heavy (non-hydrogen) atoms. The van der Waals surface area contributed by atoms with Crippen molar-refractivity contribution in [3.8, 4) is 17.2 Å². The van der Waals surface area contributed by atoms with Gasteiger partial charge in [-0.1, -0.05) is 18.2 Å². The van der Waals surface area contributed by atoms with Crippen molar-refractivity contribution in [1.82, 2.24) is 5.32 Å². The van der Waals surface area contributed by atoms with Crippen LogP contribution in [0.4, 0.5) is 11.4 Å². The summed E-state index contributed by atoms with van der Waals surface area (Å²) in [4.78, 5) is 38.7. The lowest BCUT2D eigenvalue weighted by atomic mass is 10.1. The fourth-order valence-electron chi connectivity index (χ4n) is 3.41. The number of nitrogens with one attached hydrogen (secondary N) is 2. The second-order valence-electron chi connectivity index (χ2n) is 6.92. The first-order valence-corrected chi connectivity index (χ1v) is 9.69. The summed E-state index contributed by atoms with van der Waals surface area (Å²) in [5.41, 5.74) is 1.18. The number of nitrogens with zero attached hydrogens (tertiary/aromatic N) is 1. The molecule has 1 unspecified atom stereocenters. The molecule has 1 fully saturated rings. The molecule has 1 aliphatic heterocycles. The summed E-state index contributed by atoms with van der Waals surface area (Å²) < 4.78 is 15.8. The molecule has 1 atom stereocenters. The third-order valence-corrected chi connectivity index (χ3v) is 4.94. The Morgan fingerprint density at radius 2 is 1.68 bits per heavy atom. The van der Waals surface area contributed by atoms with E-state index in [0.717, 1.165) is 5.69 Å². The Balaban J connectivity index is 1.56. The number of hydrogen-bond acceptors (Lipinski definition) is 6. The number of carbonyl (C=O) groups is 3. The van der Waals surface area contributed by atoms with Gasteiger partial charge in [-0.25, -0.2) is 0 Å². The zero-order chi connectivity index (χ0) is 22.4. The van der Waals surface area contributed by atoms with Crippen LogP contribution in [-0.2, 0) is 14.4 Å². The topological polar surface area (TPSA) is 106 Å². The Kier molecular flexibility index (Phi) is 6.96. The maximum absolute atomic E-state index is 12.5. The van der Waals surface area contributed by atoms with Gasteiger partial charge in [-0.05, 0) is 12.1 Å². The molecule has 0 spiro atoms. The predicted octanol–water partition coefficient (Wildman–Crippen LogP) is 1.82. The van der Waals surface area contributed by atoms with Crippen molar-refractivity contribution in [3.63, 3.8) is 0 Å². The van der Waals surface area contributed by atoms with Gasteiger partial charge in [0.2, 0.25) is 23.5 Å². The molecule has 2 aromatic carbocycles.